The fourth-order valence-electron chi connectivity index (χ4n) is 0.552. The van der Waals surface area contributed by atoms with E-state index in [2.05, 4.69) is 5.73 Å². The first-order valence-corrected chi connectivity index (χ1v) is 3.57. The second-order valence-electron chi connectivity index (χ2n) is 2.12. The average molecular weight is 188 g/mol. The summed E-state index contributed by atoms with van der Waals surface area (Å²) in [4.78, 5) is 19.8. The zero-order chi connectivity index (χ0) is 10.7. The number of nitriles is 1. The standard InChI is InChI=1S/C6H10O4.CH2N2/c7-5(8)3-1-2-4-6(9)10;2-1-3/h1-4H2,(H,7,8)(H,9,10);2H2. The van der Waals surface area contributed by atoms with Crippen molar-refractivity contribution in [2.24, 2.45) is 5.73 Å². The summed E-state index contributed by atoms with van der Waals surface area (Å²) in [5.41, 5.74) is 4.15. The van der Waals surface area contributed by atoms with Gasteiger partial charge < -0.3 is 15.9 Å². The summed E-state index contributed by atoms with van der Waals surface area (Å²) in [6.07, 6.45) is 2.27. The van der Waals surface area contributed by atoms with Crippen molar-refractivity contribution >= 4 is 11.9 Å². The van der Waals surface area contributed by atoms with Gasteiger partial charge in [-0.25, -0.2) is 0 Å². The van der Waals surface area contributed by atoms with E-state index in [0.717, 1.165) is 0 Å². The molecule has 6 heteroatoms. The molecule has 0 aromatic rings. The van der Waals surface area contributed by atoms with Crippen molar-refractivity contribution in [3.63, 3.8) is 0 Å². The van der Waals surface area contributed by atoms with Crippen LogP contribution < -0.4 is 5.73 Å². The third-order valence-electron chi connectivity index (χ3n) is 1.03. The number of aliphatic carboxylic acids is 2. The third kappa shape index (κ3) is 25.3. The van der Waals surface area contributed by atoms with Crippen LogP contribution in [0.2, 0.25) is 0 Å². The van der Waals surface area contributed by atoms with Crippen LogP contribution in [-0.4, -0.2) is 22.2 Å². The Bertz CT molecular complexity index is 181. The molecule has 0 aliphatic heterocycles. The van der Waals surface area contributed by atoms with Crippen LogP contribution in [0.3, 0.4) is 0 Å². The average Bonchev–Trinajstić information content (AvgIpc) is 1.99. The number of carboxylic acid groups (broad SMARTS) is 2. The summed E-state index contributed by atoms with van der Waals surface area (Å²) in [7, 11) is 0. The summed E-state index contributed by atoms with van der Waals surface area (Å²) in [6, 6.07) is 0. The smallest absolute Gasteiger partial charge is 0.303 e. The molecule has 0 amide bonds. The molecule has 0 aliphatic rings. The molecule has 6 nitrogen and oxygen atoms in total. The van der Waals surface area contributed by atoms with Crippen molar-refractivity contribution in [2.45, 2.75) is 25.7 Å². The molecule has 0 aromatic carbocycles. The Balaban J connectivity index is 0. The number of unbranched alkanes of at least 4 members (excludes halogenated alkanes) is 1. The highest BCUT2D eigenvalue weighted by Crippen LogP contribution is 1.98. The number of nitrogens with two attached hydrogens (primary N) is 1. The van der Waals surface area contributed by atoms with Crippen LogP contribution in [0.1, 0.15) is 25.7 Å². The van der Waals surface area contributed by atoms with Crippen LogP contribution in [0.4, 0.5) is 0 Å². The number of carboxylic acids is 2. The Morgan fingerprint density at radius 3 is 1.54 bits per heavy atom. The van der Waals surface area contributed by atoms with Gasteiger partial charge in [-0.2, -0.15) is 5.26 Å². The van der Waals surface area contributed by atoms with E-state index in [1.165, 1.54) is 6.19 Å². The number of carbonyl (C=O) groups is 2. The predicted octanol–water partition coefficient (Wildman–Crippen LogP) is 0.142. The second kappa shape index (κ2) is 10.2. The van der Waals surface area contributed by atoms with Crippen LogP contribution in [0.15, 0.2) is 0 Å². The van der Waals surface area contributed by atoms with Gasteiger partial charge in [-0.1, -0.05) is 0 Å². The van der Waals surface area contributed by atoms with Gasteiger partial charge in [0.15, 0.2) is 6.19 Å². The summed E-state index contributed by atoms with van der Waals surface area (Å²) in [6.45, 7) is 0. The first-order valence-electron chi connectivity index (χ1n) is 3.57. The van der Waals surface area contributed by atoms with E-state index in [4.69, 9.17) is 15.5 Å². The van der Waals surface area contributed by atoms with Gasteiger partial charge in [-0.15, -0.1) is 0 Å². The highest BCUT2D eigenvalue weighted by atomic mass is 16.4. The summed E-state index contributed by atoms with van der Waals surface area (Å²) in [5, 5.41) is 23.4. The van der Waals surface area contributed by atoms with Gasteiger partial charge in [0, 0.05) is 12.8 Å². The van der Waals surface area contributed by atoms with E-state index in [0.29, 0.717) is 12.8 Å². The zero-order valence-electron chi connectivity index (χ0n) is 7.06. The van der Waals surface area contributed by atoms with Crippen LogP contribution >= 0.6 is 0 Å². The van der Waals surface area contributed by atoms with Gasteiger partial charge in [0.2, 0.25) is 0 Å². The van der Waals surface area contributed by atoms with Crippen LogP contribution in [0.25, 0.3) is 0 Å². The maximum absolute atomic E-state index is 9.90. The molecule has 74 valence electrons. The Labute approximate surface area is 75.6 Å². The molecule has 0 spiro atoms. The molecule has 0 aliphatic carbocycles. The van der Waals surface area contributed by atoms with Crippen LogP contribution in [-0.2, 0) is 9.59 Å². The molecule has 0 rings (SSSR count). The van der Waals surface area contributed by atoms with E-state index < -0.39 is 11.9 Å². The van der Waals surface area contributed by atoms with E-state index in [1.54, 1.807) is 0 Å². The highest BCUT2D eigenvalue weighted by Gasteiger charge is 1.99. The molecule has 0 fully saturated rings. The van der Waals surface area contributed by atoms with E-state index in [9.17, 15) is 9.59 Å². The van der Waals surface area contributed by atoms with Gasteiger partial charge in [0.05, 0.1) is 0 Å². The first kappa shape index (κ1) is 13.8. The van der Waals surface area contributed by atoms with Gasteiger partial charge in [0.25, 0.3) is 0 Å². The van der Waals surface area contributed by atoms with E-state index in [1.807, 2.05) is 0 Å². The lowest BCUT2D eigenvalue weighted by Gasteiger charge is -1.92. The van der Waals surface area contributed by atoms with Crippen molar-refractivity contribution in [1.82, 2.24) is 0 Å². The Morgan fingerprint density at radius 1 is 1.15 bits per heavy atom. The van der Waals surface area contributed by atoms with Gasteiger partial charge >= 0.3 is 11.9 Å². The van der Waals surface area contributed by atoms with Crippen molar-refractivity contribution in [3.8, 4) is 6.19 Å². The largest absolute Gasteiger partial charge is 0.481 e. The molecule has 13 heavy (non-hydrogen) atoms. The minimum atomic E-state index is -0.870. The molecule has 0 atom stereocenters. The Morgan fingerprint density at radius 2 is 1.38 bits per heavy atom. The van der Waals surface area contributed by atoms with Crippen molar-refractivity contribution in [1.29, 1.82) is 5.26 Å². The fraction of sp³-hybridized carbons (Fsp3) is 0.571. The molecule has 0 heterocycles. The number of hydrogen-bond donors (Lipinski definition) is 3. The molecule has 0 saturated carbocycles. The van der Waals surface area contributed by atoms with Gasteiger partial charge in [-0.3, -0.25) is 9.59 Å². The topological polar surface area (TPSA) is 124 Å². The zero-order valence-corrected chi connectivity index (χ0v) is 7.06. The lowest BCUT2D eigenvalue weighted by atomic mass is 10.2. The Hall–Kier alpha value is -1.77. The molecule has 0 radical (unpaired) electrons. The molecule has 4 N–H and O–H groups in total. The molecular formula is C7H12N2O4. The molecular weight excluding hydrogens is 176 g/mol. The third-order valence-corrected chi connectivity index (χ3v) is 1.03. The Kier molecular flexibility index (Phi) is 10.9. The fourth-order valence-corrected chi connectivity index (χ4v) is 0.552. The number of nitrogens with zero attached hydrogens (tertiary/aromatic N) is 1. The van der Waals surface area contributed by atoms with Crippen LogP contribution in [0.5, 0.6) is 0 Å². The maximum atomic E-state index is 9.90. The van der Waals surface area contributed by atoms with Gasteiger partial charge in [-0.05, 0) is 12.8 Å². The quantitative estimate of drug-likeness (QED) is 0.320. The van der Waals surface area contributed by atoms with Crippen molar-refractivity contribution in [2.75, 3.05) is 0 Å². The predicted molar refractivity (Wildman–Crippen MR) is 43.5 cm³/mol. The maximum Gasteiger partial charge on any atom is 0.303 e. The van der Waals surface area contributed by atoms with E-state index >= 15 is 0 Å². The molecule has 0 aromatic heterocycles. The second-order valence-corrected chi connectivity index (χ2v) is 2.12. The number of rotatable bonds is 5. The normalized spacial score (nSPS) is 7.62. The lowest BCUT2D eigenvalue weighted by molar-refractivity contribution is -0.139. The van der Waals surface area contributed by atoms with E-state index in [-0.39, 0.29) is 12.8 Å². The van der Waals surface area contributed by atoms with Crippen molar-refractivity contribution < 1.29 is 19.8 Å². The van der Waals surface area contributed by atoms with Crippen molar-refractivity contribution in [3.05, 3.63) is 0 Å². The van der Waals surface area contributed by atoms with Gasteiger partial charge in [0.1, 0.15) is 0 Å². The minimum Gasteiger partial charge on any atom is -0.481 e. The van der Waals surface area contributed by atoms with Crippen LogP contribution in [0, 0.1) is 11.5 Å². The first-order chi connectivity index (χ1) is 6.04. The summed E-state index contributed by atoms with van der Waals surface area (Å²) in [5.74, 6) is -1.74. The summed E-state index contributed by atoms with van der Waals surface area (Å²) >= 11 is 0. The SMILES string of the molecule is N#CN.O=C(O)CCCCC(=O)O. The summed E-state index contributed by atoms with van der Waals surface area (Å²) < 4.78 is 0. The minimum absolute atomic E-state index is 0.0628. The number of hydrogen-bond acceptors (Lipinski definition) is 4. The molecule has 0 unspecified atom stereocenters. The highest BCUT2D eigenvalue weighted by molar-refractivity contribution is 5.67. The molecule has 0 bridgehead atoms. The lowest BCUT2D eigenvalue weighted by Crippen LogP contribution is -1.97. The monoisotopic (exact) mass is 188 g/mol. The molecule has 0 saturated heterocycles.